The van der Waals surface area contributed by atoms with Crippen LogP contribution in [0.15, 0.2) is 42.5 Å². The summed E-state index contributed by atoms with van der Waals surface area (Å²) in [6.07, 6.45) is 0. The first-order valence-electron chi connectivity index (χ1n) is 7.22. The van der Waals surface area contributed by atoms with Gasteiger partial charge in [-0.1, -0.05) is 12.1 Å². The van der Waals surface area contributed by atoms with Gasteiger partial charge in [0, 0.05) is 6.07 Å². The highest BCUT2D eigenvalue weighted by Gasteiger charge is 2.06. The van der Waals surface area contributed by atoms with E-state index in [4.69, 9.17) is 19.5 Å². The molecular weight excluding hydrogens is 278 g/mol. The lowest BCUT2D eigenvalue weighted by atomic mass is 10.2. The van der Waals surface area contributed by atoms with E-state index in [0.717, 1.165) is 11.3 Å². The maximum atomic E-state index is 8.92. The van der Waals surface area contributed by atoms with Crippen molar-refractivity contribution >= 4 is 0 Å². The van der Waals surface area contributed by atoms with Crippen molar-refractivity contribution in [2.24, 2.45) is 0 Å². The van der Waals surface area contributed by atoms with E-state index in [0.29, 0.717) is 36.9 Å². The van der Waals surface area contributed by atoms with Crippen molar-refractivity contribution in [3.63, 3.8) is 0 Å². The fraction of sp³-hybridized carbons (Fsp3) is 0.278. The van der Waals surface area contributed by atoms with Crippen molar-refractivity contribution in [3.05, 3.63) is 53.6 Å². The van der Waals surface area contributed by atoms with E-state index in [-0.39, 0.29) is 0 Å². The molecule has 0 unspecified atom stereocenters. The van der Waals surface area contributed by atoms with Crippen LogP contribution in [0.2, 0.25) is 0 Å². The highest BCUT2D eigenvalue weighted by molar-refractivity contribution is 5.46. The number of hydrogen-bond acceptors (Lipinski definition) is 4. The predicted molar refractivity (Wildman–Crippen MR) is 84.5 cm³/mol. The van der Waals surface area contributed by atoms with Gasteiger partial charge < -0.3 is 14.2 Å². The van der Waals surface area contributed by atoms with Crippen LogP contribution in [-0.2, 0) is 0 Å². The number of nitrogens with zero attached hydrogens (tertiary/aromatic N) is 1. The smallest absolute Gasteiger partial charge is 0.162 e. The zero-order valence-electron chi connectivity index (χ0n) is 12.8. The summed E-state index contributed by atoms with van der Waals surface area (Å²) in [5.74, 6) is 2.03. The van der Waals surface area contributed by atoms with Gasteiger partial charge in [0.2, 0.25) is 0 Å². The SMILES string of the molecule is CCOc1cc(C#N)ccc1OCCOc1cccc(C)c1. The molecule has 0 aliphatic carbocycles. The van der Waals surface area contributed by atoms with E-state index in [9.17, 15) is 0 Å². The van der Waals surface area contributed by atoms with E-state index < -0.39 is 0 Å². The van der Waals surface area contributed by atoms with Gasteiger partial charge in [-0.15, -0.1) is 0 Å². The number of benzene rings is 2. The van der Waals surface area contributed by atoms with Gasteiger partial charge in [-0.2, -0.15) is 5.26 Å². The summed E-state index contributed by atoms with van der Waals surface area (Å²) in [7, 11) is 0. The second-order valence-corrected chi connectivity index (χ2v) is 4.72. The van der Waals surface area contributed by atoms with E-state index in [1.807, 2.05) is 38.1 Å². The Kier molecular flexibility index (Phi) is 5.67. The van der Waals surface area contributed by atoms with E-state index in [1.165, 1.54) is 0 Å². The van der Waals surface area contributed by atoms with Crippen molar-refractivity contribution in [2.75, 3.05) is 19.8 Å². The van der Waals surface area contributed by atoms with Gasteiger partial charge in [0.1, 0.15) is 19.0 Å². The highest BCUT2D eigenvalue weighted by Crippen LogP contribution is 2.28. The van der Waals surface area contributed by atoms with Gasteiger partial charge in [-0.25, -0.2) is 0 Å². The summed E-state index contributed by atoms with van der Waals surface area (Å²) >= 11 is 0. The van der Waals surface area contributed by atoms with Crippen LogP contribution in [0, 0.1) is 18.3 Å². The fourth-order valence-corrected chi connectivity index (χ4v) is 1.98. The summed E-state index contributed by atoms with van der Waals surface area (Å²) < 4.78 is 16.8. The normalized spacial score (nSPS) is 9.86. The highest BCUT2D eigenvalue weighted by atomic mass is 16.5. The minimum atomic E-state index is 0.403. The Hall–Kier alpha value is -2.67. The van der Waals surface area contributed by atoms with Crippen LogP contribution in [0.4, 0.5) is 0 Å². The van der Waals surface area contributed by atoms with Crippen LogP contribution < -0.4 is 14.2 Å². The summed E-state index contributed by atoms with van der Waals surface area (Å²) in [5.41, 5.74) is 1.70. The minimum absolute atomic E-state index is 0.403. The van der Waals surface area contributed by atoms with Gasteiger partial charge >= 0.3 is 0 Å². The first-order valence-corrected chi connectivity index (χ1v) is 7.22. The molecule has 0 bridgehead atoms. The van der Waals surface area contributed by atoms with Crippen molar-refractivity contribution < 1.29 is 14.2 Å². The summed E-state index contributed by atoms with van der Waals surface area (Å²) in [6, 6.07) is 15.1. The number of ether oxygens (including phenoxy) is 3. The maximum Gasteiger partial charge on any atom is 0.162 e. The molecule has 0 amide bonds. The van der Waals surface area contributed by atoms with Gasteiger partial charge in [0.15, 0.2) is 11.5 Å². The standard InChI is InChI=1S/C18H19NO3/c1-3-20-18-12-15(13-19)7-8-17(18)22-10-9-21-16-6-4-5-14(2)11-16/h4-8,11-12H,3,9-10H2,1-2H3. The topological polar surface area (TPSA) is 51.5 Å². The van der Waals surface area contributed by atoms with Gasteiger partial charge in [0.05, 0.1) is 18.2 Å². The van der Waals surface area contributed by atoms with Crippen molar-refractivity contribution in [1.29, 1.82) is 5.26 Å². The van der Waals surface area contributed by atoms with Gasteiger partial charge in [-0.05, 0) is 43.7 Å². The largest absolute Gasteiger partial charge is 0.490 e. The Morgan fingerprint density at radius 2 is 1.77 bits per heavy atom. The molecule has 114 valence electrons. The molecule has 22 heavy (non-hydrogen) atoms. The van der Waals surface area contributed by atoms with Crippen LogP contribution in [-0.4, -0.2) is 19.8 Å². The van der Waals surface area contributed by atoms with Crippen molar-refractivity contribution in [3.8, 4) is 23.3 Å². The van der Waals surface area contributed by atoms with Gasteiger partial charge in [0.25, 0.3) is 0 Å². The molecule has 4 heteroatoms. The van der Waals surface area contributed by atoms with E-state index >= 15 is 0 Å². The fourth-order valence-electron chi connectivity index (χ4n) is 1.98. The van der Waals surface area contributed by atoms with Crippen LogP contribution in [0.5, 0.6) is 17.2 Å². The molecule has 2 aromatic carbocycles. The molecule has 2 aromatic rings. The third-order valence-corrected chi connectivity index (χ3v) is 2.97. The first kappa shape index (κ1) is 15.7. The second-order valence-electron chi connectivity index (χ2n) is 4.72. The first-order chi connectivity index (χ1) is 10.7. The van der Waals surface area contributed by atoms with Crippen molar-refractivity contribution in [1.82, 2.24) is 0 Å². The molecule has 0 atom stereocenters. The molecular formula is C18H19NO3. The Morgan fingerprint density at radius 1 is 0.955 bits per heavy atom. The quantitative estimate of drug-likeness (QED) is 0.731. The average molecular weight is 297 g/mol. The molecule has 0 radical (unpaired) electrons. The number of aryl methyl sites for hydroxylation is 1. The molecule has 4 nitrogen and oxygen atoms in total. The lowest BCUT2D eigenvalue weighted by Gasteiger charge is -2.12. The third-order valence-electron chi connectivity index (χ3n) is 2.97. The molecule has 0 spiro atoms. The molecule has 0 saturated heterocycles. The van der Waals surface area contributed by atoms with Crippen LogP contribution >= 0.6 is 0 Å². The van der Waals surface area contributed by atoms with Gasteiger partial charge in [-0.3, -0.25) is 0 Å². The van der Waals surface area contributed by atoms with E-state index in [1.54, 1.807) is 18.2 Å². The molecule has 0 aliphatic rings. The van der Waals surface area contributed by atoms with Crippen LogP contribution in [0.3, 0.4) is 0 Å². The lowest BCUT2D eigenvalue weighted by Crippen LogP contribution is -2.10. The molecule has 0 aliphatic heterocycles. The summed E-state index contributed by atoms with van der Waals surface area (Å²) in [6.45, 7) is 5.28. The Bertz CT molecular complexity index is 662. The Morgan fingerprint density at radius 3 is 2.50 bits per heavy atom. The predicted octanol–water partition coefficient (Wildman–Crippen LogP) is 3.72. The molecule has 0 N–H and O–H groups in total. The number of hydrogen-bond donors (Lipinski definition) is 0. The molecule has 0 aromatic heterocycles. The van der Waals surface area contributed by atoms with Crippen LogP contribution in [0.25, 0.3) is 0 Å². The Balaban J connectivity index is 1.90. The molecule has 2 rings (SSSR count). The minimum Gasteiger partial charge on any atom is -0.490 e. The summed E-state index contributed by atoms with van der Waals surface area (Å²) in [5, 5.41) is 8.92. The monoisotopic (exact) mass is 297 g/mol. The Labute approximate surface area is 130 Å². The number of rotatable bonds is 7. The summed E-state index contributed by atoms with van der Waals surface area (Å²) in [4.78, 5) is 0. The van der Waals surface area contributed by atoms with E-state index in [2.05, 4.69) is 6.07 Å². The lowest BCUT2D eigenvalue weighted by molar-refractivity contribution is 0.208. The second kappa shape index (κ2) is 7.94. The molecule has 0 saturated carbocycles. The maximum absolute atomic E-state index is 8.92. The van der Waals surface area contributed by atoms with Crippen LogP contribution in [0.1, 0.15) is 18.1 Å². The molecule has 0 heterocycles. The van der Waals surface area contributed by atoms with Crippen molar-refractivity contribution in [2.45, 2.75) is 13.8 Å². The average Bonchev–Trinajstić information content (AvgIpc) is 2.53. The zero-order chi connectivity index (χ0) is 15.8. The number of nitriles is 1. The molecule has 0 fully saturated rings. The zero-order valence-corrected chi connectivity index (χ0v) is 12.8. The third kappa shape index (κ3) is 4.42.